The first kappa shape index (κ1) is 18.5. The summed E-state index contributed by atoms with van der Waals surface area (Å²) in [6.07, 6.45) is -4.52. The quantitative estimate of drug-likeness (QED) is 0.620. The van der Waals surface area contributed by atoms with Gasteiger partial charge in [0.2, 0.25) is 5.82 Å². The molecular weight excluding hydrogens is 387 g/mol. The number of nitrogens with zero attached hydrogens (tertiary/aromatic N) is 4. The molecule has 0 aliphatic carbocycles. The fraction of sp³-hybridized carbons (Fsp3) is 0.267. The van der Waals surface area contributed by atoms with Crippen LogP contribution >= 0.6 is 23.1 Å². The van der Waals surface area contributed by atoms with E-state index in [1.807, 2.05) is 29.6 Å². The number of methoxy groups -OCH3 is 1. The van der Waals surface area contributed by atoms with Gasteiger partial charge in [-0.3, -0.25) is 0 Å². The second kappa shape index (κ2) is 7.54. The predicted molar refractivity (Wildman–Crippen MR) is 94.0 cm³/mol. The molecule has 0 saturated heterocycles. The molecule has 1 N–H and O–H groups in total. The number of anilines is 2. The van der Waals surface area contributed by atoms with Crippen molar-refractivity contribution in [1.82, 2.24) is 19.7 Å². The third-order valence-electron chi connectivity index (χ3n) is 3.33. The van der Waals surface area contributed by atoms with Gasteiger partial charge in [0.1, 0.15) is 5.75 Å². The summed E-state index contributed by atoms with van der Waals surface area (Å²) >= 11 is 2.56. The van der Waals surface area contributed by atoms with Crippen LogP contribution in [0, 0.1) is 0 Å². The zero-order valence-corrected chi connectivity index (χ0v) is 15.4. The lowest BCUT2D eigenvalue weighted by molar-refractivity contribution is -0.147. The van der Waals surface area contributed by atoms with Crippen LogP contribution < -0.4 is 10.1 Å². The highest BCUT2D eigenvalue weighted by atomic mass is 32.2. The molecule has 3 aromatic rings. The lowest BCUT2D eigenvalue weighted by Crippen LogP contribution is -2.12. The Bertz CT molecular complexity index is 876. The van der Waals surface area contributed by atoms with Crippen molar-refractivity contribution in [3.05, 3.63) is 41.2 Å². The second-order valence-electron chi connectivity index (χ2n) is 5.15. The normalized spacial score (nSPS) is 11.6. The van der Waals surface area contributed by atoms with Gasteiger partial charge in [-0.2, -0.15) is 13.2 Å². The number of ether oxygens (including phenoxy) is 1. The molecule has 0 aliphatic rings. The standard InChI is InChI=1S/C15H14F3N5OS2/c1-23-12(15(16,17)18)21-22-14(23)26-8-10-7-25-13(20-10)19-9-3-5-11(24-2)6-4-9/h3-7H,8H2,1-2H3,(H,19,20). The van der Waals surface area contributed by atoms with E-state index in [1.165, 1.54) is 18.4 Å². The van der Waals surface area contributed by atoms with E-state index in [9.17, 15) is 13.2 Å². The Balaban J connectivity index is 1.61. The number of benzene rings is 1. The van der Waals surface area contributed by atoms with Crippen LogP contribution in [0.4, 0.5) is 24.0 Å². The zero-order chi connectivity index (χ0) is 18.7. The van der Waals surface area contributed by atoms with Gasteiger partial charge in [0.25, 0.3) is 0 Å². The van der Waals surface area contributed by atoms with Gasteiger partial charge < -0.3 is 14.6 Å². The van der Waals surface area contributed by atoms with Crippen LogP contribution in [-0.4, -0.2) is 26.9 Å². The van der Waals surface area contributed by atoms with Crippen molar-refractivity contribution in [2.24, 2.45) is 7.05 Å². The molecule has 0 radical (unpaired) electrons. The van der Waals surface area contributed by atoms with Crippen molar-refractivity contribution in [3.8, 4) is 5.75 Å². The Hall–Kier alpha value is -2.27. The summed E-state index contributed by atoms with van der Waals surface area (Å²) < 4.78 is 44.2. The minimum Gasteiger partial charge on any atom is -0.497 e. The Kier molecular flexibility index (Phi) is 5.37. The molecule has 0 unspecified atom stereocenters. The molecule has 0 saturated carbocycles. The topological polar surface area (TPSA) is 64.9 Å². The SMILES string of the molecule is COc1ccc(Nc2nc(CSc3nnc(C(F)(F)F)n3C)cs2)cc1. The molecule has 0 amide bonds. The highest BCUT2D eigenvalue weighted by Crippen LogP contribution is 2.31. The summed E-state index contributed by atoms with van der Waals surface area (Å²) in [7, 11) is 2.89. The zero-order valence-electron chi connectivity index (χ0n) is 13.7. The van der Waals surface area contributed by atoms with Crippen molar-refractivity contribution in [3.63, 3.8) is 0 Å². The number of nitrogens with one attached hydrogen (secondary N) is 1. The number of hydrogen-bond donors (Lipinski definition) is 1. The minimum atomic E-state index is -4.52. The van der Waals surface area contributed by atoms with Crippen molar-refractivity contribution in [1.29, 1.82) is 0 Å². The highest BCUT2D eigenvalue weighted by molar-refractivity contribution is 7.98. The van der Waals surface area contributed by atoms with E-state index in [4.69, 9.17) is 4.74 Å². The summed E-state index contributed by atoms with van der Waals surface area (Å²) in [6.45, 7) is 0. The molecule has 0 spiro atoms. The van der Waals surface area contributed by atoms with Gasteiger partial charge in [-0.05, 0) is 24.3 Å². The maximum absolute atomic E-state index is 12.7. The van der Waals surface area contributed by atoms with Crippen LogP contribution in [0.5, 0.6) is 5.75 Å². The molecule has 6 nitrogen and oxygen atoms in total. The number of rotatable bonds is 6. The van der Waals surface area contributed by atoms with Gasteiger partial charge in [-0.15, -0.1) is 21.5 Å². The van der Waals surface area contributed by atoms with E-state index in [-0.39, 0.29) is 5.16 Å². The molecule has 138 valence electrons. The first-order valence-electron chi connectivity index (χ1n) is 7.31. The van der Waals surface area contributed by atoms with Crippen molar-refractivity contribution in [2.45, 2.75) is 17.1 Å². The van der Waals surface area contributed by atoms with Crippen LogP contribution in [0.15, 0.2) is 34.8 Å². The molecular formula is C15H14F3N5OS2. The molecule has 11 heteroatoms. The number of hydrogen-bond acceptors (Lipinski definition) is 7. The average molecular weight is 401 g/mol. The fourth-order valence-corrected chi connectivity index (χ4v) is 3.69. The van der Waals surface area contributed by atoms with Gasteiger partial charge in [0.05, 0.1) is 12.8 Å². The van der Waals surface area contributed by atoms with Crippen LogP contribution in [0.2, 0.25) is 0 Å². The monoisotopic (exact) mass is 401 g/mol. The fourth-order valence-electron chi connectivity index (χ4n) is 2.05. The first-order chi connectivity index (χ1) is 12.4. The molecule has 1 aromatic carbocycles. The van der Waals surface area contributed by atoms with E-state index in [1.54, 1.807) is 7.11 Å². The van der Waals surface area contributed by atoms with Gasteiger partial charge in [0.15, 0.2) is 10.3 Å². The molecule has 2 aromatic heterocycles. The smallest absolute Gasteiger partial charge is 0.451 e. The molecule has 2 heterocycles. The molecule has 3 rings (SSSR count). The molecule has 0 bridgehead atoms. The number of thiazole rings is 1. The number of aromatic nitrogens is 4. The molecule has 26 heavy (non-hydrogen) atoms. The Morgan fingerprint density at radius 3 is 2.58 bits per heavy atom. The predicted octanol–water partition coefficient (Wildman–Crippen LogP) is 4.33. The number of halogens is 3. The number of alkyl halides is 3. The van der Waals surface area contributed by atoms with E-state index < -0.39 is 12.0 Å². The summed E-state index contributed by atoms with van der Waals surface area (Å²) in [5.74, 6) is 0.138. The highest BCUT2D eigenvalue weighted by Gasteiger charge is 2.37. The summed E-state index contributed by atoms with van der Waals surface area (Å²) in [5.41, 5.74) is 1.61. The van der Waals surface area contributed by atoms with Crippen LogP contribution in [0.1, 0.15) is 11.5 Å². The summed E-state index contributed by atoms with van der Waals surface area (Å²) in [6, 6.07) is 7.40. The van der Waals surface area contributed by atoms with Crippen LogP contribution in [-0.2, 0) is 19.0 Å². The van der Waals surface area contributed by atoms with Gasteiger partial charge in [0, 0.05) is 23.9 Å². The molecule has 0 fully saturated rings. The Morgan fingerprint density at radius 2 is 1.96 bits per heavy atom. The van der Waals surface area contributed by atoms with E-state index >= 15 is 0 Å². The van der Waals surface area contributed by atoms with Crippen LogP contribution in [0.3, 0.4) is 0 Å². The average Bonchev–Trinajstić information content (AvgIpc) is 3.20. The minimum absolute atomic E-state index is 0.190. The molecule has 0 aliphatic heterocycles. The van der Waals surface area contributed by atoms with E-state index in [0.717, 1.165) is 33.5 Å². The third-order valence-corrected chi connectivity index (χ3v) is 5.19. The third kappa shape index (κ3) is 4.28. The maximum Gasteiger partial charge on any atom is 0.451 e. The van der Waals surface area contributed by atoms with E-state index in [2.05, 4.69) is 20.5 Å². The van der Waals surface area contributed by atoms with Crippen molar-refractivity contribution >= 4 is 33.9 Å². The maximum atomic E-state index is 12.7. The largest absolute Gasteiger partial charge is 0.497 e. The first-order valence-corrected chi connectivity index (χ1v) is 9.18. The Labute approximate surface area is 155 Å². The second-order valence-corrected chi connectivity index (χ2v) is 6.95. The summed E-state index contributed by atoms with van der Waals surface area (Å²) in [5, 5.41) is 12.7. The van der Waals surface area contributed by atoms with Gasteiger partial charge >= 0.3 is 6.18 Å². The van der Waals surface area contributed by atoms with Gasteiger partial charge in [-0.1, -0.05) is 11.8 Å². The van der Waals surface area contributed by atoms with Crippen molar-refractivity contribution in [2.75, 3.05) is 12.4 Å². The Morgan fingerprint density at radius 1 is 1.23 bits per heavy atom. The lowest BCUT2D eigenvalue weighted by atomic mass is 10.3. The van der Waals surface area contributed by atoms with Crippen molar-refractivity contribution < 1.29 is 17.9 Å². The molecule has 0 atom stereocenters. The number of thioether (sulfide) groups is 1. The van der Waals surface area contributed by atoms with E-state index in [0.29, 0.717) is 10.9 Å². The van der Waals surface area contributed by atoms with Crippen LogP contribution in [0.25, 0.3) is 0 Å². The lowest BCUT2D eigenvalue weighted by Gasteiger charge is -2.05. The summed E-state index contributed by atoms with van der Waals surface area (Å²) in [4.78, 5) is 4.42. The van der Waals surface area contributed by atoms with Gasteiger partial charge in [-0.25, -0.2) is 4.98 Å².